The molecule has 1 fully saturated rings. The number of benzene rings is 1. The summed E-state index contributed by atoms with van der Waals surface area (Å²) in [5, 5.41) is 12.5. The first kappa shape index (κ1) is 17.2. The summed E-state index contributed by atoms with van der Waals surface area (Å²) in [6, 6.07) is 8.63. The maximum atomic E-state index is 13.6. The molecule has 1 aliphatic rings. The van der Waals surface area contributed by atoms with Crippen molar-refractivity contribution in [1.29, 1.82) is 0 Å². The van der Waals surface area contributed by atoms with E-state index < -0.39 is 5.91 Å². The summed E-state index contributed by atoms with van der Waals surface area (Å²) in [7, 11) is 0. The van der Waals surface area contributed by atoms with Gasteiger partial charge in [-0.2, -0.15) is 11.8 Å². The van der Waals surface area contributed by atoms with Gasteiger partial charge in [-0.1, -0.05) is 12.1 Å². The number of fused-ring (bicyclic) bond motifs is 1. The lowest BCUT2D eigenvalue weighted by Gasteiger charge is -2.23. The predicted octanol–water partition coefficient (Wildman–Crippen LogP) is 3.90. The van der Waals surface area contributed by atoms with Gasteiger partial charge in [0.15, 0.2) is 11.5 Å². The number of amides is 1. The van der Waals surface area contributed by atoms with E-state index in [0.717, 1.165) is 34.4 Å². The van der Waals surface area contributed by atoms with Gasteiger partial charge in [-0.25, -0.2) is 4.39 Å². The van der Waals surface area contributed by atoms with E-state index in [1.165, 1.54) is 29.2 Å². The molecule has 8 heteroatoms. The number of hydrogen-bond acceptors (Lipinski definition) is 6. The normalized spacial score (nSPS) is 17.3. The van der Waals surface area contributed by atoms with Crippen molar-refractivity contribution in [2.24, 2.45) is 5.73 Å². The van der Waals surface area contributed by atoms with E-state index in [9.17, 15) is 9.18 Å². The molecule has 1 amide bonds. The van der Waals surface area contributed by atoms with E-state index in [4.69, 9.17) is 5.73 Å². The van der Waals surface area contributed by atoms with E-state index >= 15 is 0 Å². The molecule has 0 spiro atoms. The second-order valence-electron chi connectivity index (χ2n) is 6.18. The van der Waals surface area contributed by atoms with Crippen LogP contribution in [0.4, 0.5) is 10.2 Å². The molecule has 134 valence electrons. The summed E-state index contributed by atoms with van der Waals surface area (Å²) in [5.74, 6) is 1.93. The van der Waals surface area contributed by atoms with Gasteiger partial charge in [0.05, 0.1) is 4.70 Å². The van der Waals surface area contributed by atoms with Gasteiger partial charge >= 0.3 is 0 Å². The Bertz CT molecular complexity index is 969. The zero-order valence-electron chi connectivity index (χ0n) is 13.9. The molecule has 1 unspecified atom stereocenters. The number of rotatable bonds is 4. The highest BCUT2D eigenvalue weighted by Gasteiger charge is 2.20. The molecular weight excluding hydrogens is 371 g/mol. The summed E-state index contributed by atoms with van der Waals surface area (Å²) < 4.78 is 14.3. The number of halogens is 1. The lowest BCUT2D eigenvalue weighted by molar-refractivity contribution is 0.0996. The Balaban J connectivity index is 1.80. The molecule has 3 heterocycles. The quantitative estimate of drug-likeness (QED) is 0.708. The monoisotopic (exact) mass is 388 g/mol. The summed E-state index contributed by atoms with van der Waals surface area (Å²) in [6.45, 7) is 0. The van der Waals surface area contributed by atoms with Crippen molar-refractivity contribution in [2.45, 2.75) is 18.9 Å². The van der Waals surface area contributed by atoms with Crippen LogP contribution in [0, 0.1) is 5.82 Å². The van der Waals surface area contributed by atoms with Crippen LogP contribution in [-0.2, 0) is 0 Å². The number of thiophene rings is 1. The van der Waals surface area contributed by atoms with Crippen molar-refractivity contribution in [1.82, 2.24) is 10.2 Å². The summed E-state index contributed by atoms with van der Waals surface area (Å²) in [5.41, 5.74) is 6.37. The number of anilines is 1. The second kappa shape index (κ2) is 7.20. The fraction of sp³-hybridized carbons (Fsp3) is 0.278. The number of hydrogen-bond donors (Lipinski definition) is 2. The Hall–Kier alpha value is -2.19. The fourth-order valence-electron chi connectivity index (χ4n) is 3.04. The van der Waals surface area contributed by atoms with Crippen LogP contribution in [0.3, 0.4) is 0 Å². The van der Waals surface area contributed by atoms with Crippen LogP contribution in [0.2, 0.25) is 0 Å². The molecular formula is C18H17FN4OS2. The third-order valence-electron chi connectivity index (χ3n) is 4.30. The van der Waals surface area contributed by atoms with Crippen LogP contribution in [0.5, 0.6) is 0 Å². The van der Waals surface area contributed by atoms with Gasteiger partial charge in [0, 0.05) is 22.1 Å². The molecule has 1 aliphatic heterocycles. The topological polar surface area (TPSA) is 80.9 Å². The zero-order valence-corrected chi connectivity index (χ0v) is 15.5. The molecule has 3 N–H and O–H groups in total. The number of carbonyl (C=O) groups is 1. The standard InChI is InChI=1S/C18H17FN4OS2/c19-11-4-1-3-10(7-11)14-8-13-16(26-14)15(17(20)24)22-23-18(13)21-12-5-2-6-25-9-12/h1,3-4,7-8,12H,2,5-6,9H2,(H2,20,24)(H,21,23). The van der Waals surface area contributed by atoms with Gasteiger partial charge < -0.3 is 11.1 Å². The lowest BCUT2D eigenvalue weighted by atomic mass is 10.1. The van der Waals surface area contributed by atoms with Crippen molar-refractivity contribution < 1.29 is 9.18 Å². The number of nitrogens with two attached hydrogens (primary N) is 1. The molecule has 0 aliphatic carbocycles. The number of carbonyl (C=O) groups excluding carboxylic acids is 1. The minimum atomic E-state index is -0.616. The number of nitrogens with one attached hydrogen (secondary N) is 1. The third-order valence-corrected chi connectivity index (χ3v) is 6.70. The Labute approximate surface area is 158 Å². The minimum absolute atomic E-state index is 0.149. The highest BCUT2D eigenvalue weighted by atomic mass is 32.2. The van der Waals surface area contributed by atoms with Crippen LogP contribution in [0.1, 0.15) is 23.3 Å². The average Bonchev–Trinajstić information content (AvgIpc) is 3.08. The zero-order chi connectivity index (χ0) is 18.1. The SMILES string of the molecule is NC(=O)c1nnc(NC2CCCSC2)c2cc(-c3cccc(F)c3)sc12. The molecule has 26 heavy (non-hydrogen) atoms. The summed E-state index contributed by atoms with van der Waals surface area (Å²) >= 11 is 3.29. The van der Waals surface area contributed by atoms with Gasteiger partial charge in [-0.15, -0.1) is 21.5 Å². The predicted molar refractivity (Wildman–Crippen MR) is 105 cm³/mol. The van der Waals surface area contributed by atoms with Crippen LogP contribution in [0.15, 0.2) is 30.3 Å². The maximum Gasteiger partial charge on any atom is 0.270 e. The van der Waals surface area contributed by atoms with E-state index in [1.807, 2.05) is 23.9 Å². The van der Waals surface area contributed by atoms with Gasteiger partial charge in [0.1, 0.15) is 5.82 Å². The Morgan fingerprint density at radius 2 is 2.19 bits per heavy atom. The molecule has 5 nitrogen and oxygen atoms in total. The van der Waals surface area contributed by atoms with Crippen molar-refractivity contribution in [3.05, 3.63) is 41.8 Å². The van der Waals surface area contributed by atoms with Crippen LogP contribution < -0.4 is 11.1 Å². The molecule has 2 aromatic heterocycles. The van der Waals surface area contributed by atoms with E-state index in [0.29, 0.717) is 16.6 Å². The van der Waals surface area contributed by atoms with Gasteiger partial charge in [0.25, 0.3) is 5.91 Å². The van der Waals surface area contributed by atoms with Gasteiger partial charge in [-0.3, -0.25) is 4.79 Å². The minimum Gasteiger partial charge on any atom is -0.364 e. The second-order valence-corrected chi connectivity index (χ2v) is 8.39. The fourth-order valence-corrected chi connectivity index (χ4v) is 5.26. The first-order valence-electron chi connectivity index (χ1n) is 8.32. The molecule has 0 radical (unpaired) electrons. The first-order chi connectivity index (χ1) is 12.6. The lowest BCUT2D eigenvalue weighted by Crippen LogP contribution is -2.26. The molecule has 3 aromatic rings. The maximum absolute atomic E-state index is 13.6. The average molecular weight is 388 g/mol. The molecule has 1 saturated heterocycles. The highest BCUT2D eigenvalue weighted by molar-refractivity contribution is 7.99. The number of nitrogens with zero attached hydrogens (tertiary/aromatic N) is 2. The van der Waals surface area contributed by atoms with Crippen molar-refractivity contribution in [3.8, 4) is 10.4 Å². The number of primary amides is 1. The van der Waals surface area contributed by atoms with Crippen molar-refractivity contribution in [2.75, 3.05) is 16.8 Å². The molecule has 0 saturated carbocycles. The molecule has 1 atom stereocenters. The van der Waals surface area contributed by atoms with Crippen LogP contribution in [-0.4, -0.2) is 33.7 Å². The summed E-state index contributed by atoms with van der Waals surface area (Å²) in [6.07, 6.45) is 2.24. The van der Waals surface area contributed by atoms with E-state index in [-0.39, 0.29) is 11.5 Å². The van der Waals surface area contributed by atoms with Crippen molar-refractivity contribution >= 4 is 44.9 Å². The Morgan fingerprint density at radius 3 is 2.92 bits per heavy atom. The first-order valence-corrected chi connectivity index (χ1v) is 10.3. The Kier molecular flexibility index (Phi) is 4.78. The third kappa shape index (κ3) is 3.39. The van der Waals surface area contributed by atoms with Crippen LogP contribution >= 0.6 is 23.1 Å². The molecule has 1 aromatic carbocycles. The Morgan fingerprint density at radius 1 is 1.31 bits per heavy atom. The summed E-state index contributed by atoms with van der Waals surface area (Å²) in [4.78, 5) is 12.6. The highest BCUT2D eigenvalue weighted by Crippen LogP contribution is 2.38. The largest absolute Gasteiger partial charge is 0.364 e. The molecule has 4 rings (SSSR count). The smallest absolute Gasteiger partial charge is 0.270 e. The van der Waals surface area contributed by atoms with E-state index in [2.05, 4.69) is 15.5 Å². The number of thioether (sulfide) groups is 1. The van der Waals surface area contributed by atoms with Crippen LogP contribution in [0.25, 0.3) is 20.5 Å². The van der Waals surface area contributed by atoms with Crippen molar-refractivity contribution in [3.63, 3.8) is 0 Å². The van der Waals surface area contributed by atoms with E-state index in [1.54, 1.807) is 6.07 Å². The van der Waals surface area contributed by atoms with Gasteiger partial charge in [-0.05, 0) is 42.4 Å². The molecule has 0 bridgehead atoms. The van der Waals surface area contributed by atoms with Gasteiger partial charge in [0.2, 0.25) is 0 Å². The number of aromatic nitrogens is 2.